The number of nitrogens with zero attached hydrogens (tertiary/aromatic N) is 2. The number of benzene rings is 3. The van der Waals surface area contributed by atoms with Gasteiger partial charge in [-0.15, -0.1) is 0 Å². The first kappa shape index (κ1) is 24.6. The lowest BCUT2D eigenvalue weighted by Crippen LogP contribution is -2.43. The average Bonchev–Trinajstić information content (AvgIpc) is 2.86. The molecule has 0 atom stereocenters. The normalized spacial score (nSPS) is 9.89. The summed E-state index contributed by atoms with van der Waals surface area (Å²) < 4.78 is 15.1. The highest BCUT2D eigenvalue weighted by Gasteiger charge is 2.21. The number of aliphatic imine (C=N–C) groups is 1. The Bertz CT molecular complexity index is 1200. The number of anilines is 2. The van der Waals surface area contributed by atoms with Crippen LogP contribution in [0.1, 0.15) is 0 Å². The van der Waals surface area contributed by atoms with Crippen molar-refractivity contribution in [2.24, 2.45) is 10.7 Å². The van der Waals surface area contributed by atoms with Crippen LogP contribution in [0.3, 0.4) is 0 Å². The van der Waals surface area contributed by atoms with Gasteiger partial charge in [0.1, 0.15) is 11.5 Å². The van der Waals surface area contributed by atoms with Crippen molar-refractivity contribution in [3.8, 4) is 11.5 Å². The van der Waals surface area contributed by atoms with Gasteiger partial charge in [-0.3, -0.25) is 15.5 Å². The molecular weight excluding hydrogens is 454 g/mol. The average molecular weight is 477 g/mol. The molecule has 4 amide bonds. The van der Waals surface area contributed by atoms with E-state index in [9.17, 15) is 14.4 Å². The third kappa shape index (κ3) is 6.71. The van der Waals surface area contributed by atoms with Gasteiger partial charge in [0, 0.05) is 6.07 Å². The standard InChI is InChI=1S/C24H23N5O6/c1-33-23(31)27-22(28-24(32)34-2)26-19-14-13-18(35-17-11-7-4-8-12-17)15-20(19)29(21(25)30)16-9-5-3-6-10-16/h3-15H,1-2H3,(H2,25,30)(H2,26,27,28,31,32). The summed E-state index contributed by atoms with van der Waals surface area (Å²) in [5.74, 6) is 0.648. The van der Waals surface area contributed by atoms with E-state index in [1.54, 1.807) is 54.6 Å². The molecule has 0 fully saturated rings. The smallest absolute Gasteiger partial charge is 0.413 e. The number of carbonyl (C=O) groups excluding carboxylic acids is 3. The van der Waals surface area contributed by atoms with Gasteiger partial charge in [-0.2, -0.15) is 0 Å². The Labute approximate surface area is 201 Å². The molecule has 0 saturated heterocycles. The van der Waals surface area contributed by atoms with Gasteiger partial charge in [-0.1, -0.05) is 36.4 Å². The van der Waals surface area contributed by atoms with Crippen molar-refractivity contribution in [1.29, 1.82) is 0 Å². The molecule has 3 aromatic rings. The molecule has 0 saturated carbocycles. The number of para-hydroxylation sites is 2. The van der Waals surface area contributed by atoms with Crippen LogP contribution in [0.25, 0.3) is 0 Å². The number of alkyl carbamates (subject to hydrolysis) is 2. The first-order chi connectivity index (χ1) is 16.9. The van der Waals surface area contributed by atoms with E-state index in [1.807, 2.05) is 18.2 Å². The molecule has 0 aliphatic rings. The summed E-state index contributed by atoms with van der Waals surface area (Å²) >= 11 is 0. The molecule has 0 unspecified atom stereocenters. The van der Waals surface area contributed by atoms with E-state index in [4.69, 9.17) is 10.5 Å². The molecule has 3 rings (SSSR count). The number of nitrogens with two attached hydrogens (primary N) is 1. The molecule has 3 aromatic carbocycles. The van der Waals surface area contributed by atoms with Crippen LogP contribution in [0, 0.1) is 0 Å². The number of hydrogen-bond donors (Lipinski definition) is 3. The lowest BCUT2D eigenvalue weighted by atomic mass is 10.2. The predicted molar refractivity (Wildman–Crippen MR) is 129 cm³/mol. The second-order valence-corrected chi connectivity index (χ2v) is 6.77. The minimum Gasteiger partial charge on any atom is -0.457 e. The number of hydrogen-bond acceptors (Lipinski definition) is 7. The van der Waals surface area contributed by atoms with Crippen molar-refractivity contribution in [2.45, 2.75) is 0 Å². The number of carbonyl (C=O) groups is 3. The molecule has 0 heterocycles. The Kier molecular flexibility index (Phi) is 8.22. The SMILES string of the molecule is COC(=O)NC(=Nc1ccc(Oc2ccccc2)cc1N(C(N)=O)c1ccccc1)NC(=O)OC. The van der Waals surface area contributed by atoms with Gasteiger partial charge in [-0.25, -0.2) is 19.4 Å². The first-order valence-electron chi connectivity index (χ1n) is 10.2. The number of primary amides is 1. The van der Waals surface area contributed by atoms with E-state index >= 15 is 0 Å². The van der Waals surface area contributed by atoms with Crippen LogP contribution >= 0.6 is 0 Å². The van der Waals surface area contributed by atoms with E-state index in [-0.39, 0.29) is 17.3 Å². The fourth-order valence-electron chi connectivity index (χ4n) is 2.93. The van der Waals surface area contributed by atoms with Gasteiger partial charge in [0.15, 0.2) is 0 Å². The van der Waals surface area contributed by atoms with E-state index in [1.165, 1.54) is 11.0 Å². The molecule has 11 heteroatoms. The van der Waals surface area contributed by atoms with E-state index < -0.39 is 18.2 Å². The van der Waals surface area contributed by atoms with Crippen LogP contribution in [-0.4, -0.2) is 38.4 Å². The Hall–Kier alpha value is -5.06. The summed E-state index contributed by atoms with van der Waals surface area (Å²) in [5.41, 5.74) is 6.56. The maximum absolute atomic E-state index is 12.5. The maximum Gasteiger partial charge on any atom is 0.413 e. The summed E-state index contributed by atoms with van der Waals surface area (Å²) in [5, 5.41) is 4.56. The van der Waals surface area contributed by atoms with Gasteiger partial charge in [0.05, 0.1) is 31.3 Å². The molecule has 35 heavy (non-hydrogen) atoms. The molecule has 0 aliphatic carbocycles. The molecule has 4 N–H and O–H groups in total. The highest BCUT2D eigenvalue weighted by atomic mass is 16.5. The fraction of sp³-hybridized carbons (Fsp3) is 0.0833. The summed E-state index contributed by atoms with van der Waals surface area (Å²) in [4.78, 5) is 41.6. The molecule has 180 valence electrons. The molecular formula is C24H23N5O6. The zero-order valence-electron chi connectivity index (χ0n) is 18.9. The molecule has 0 aromatic heterocycles. The van der Waals surface area contributed by atoms with Crippen molar-refractivity contribution in [3.05, 3.63) is 78.9 Å². The van der Waals surface area contributed by atoms with Crippen molar-refractivity contribution in [2.75, 3.05) is 19.1 Å². The lowest BCUT2D eigenvalue weighted by Gasteiger charge is -2.23. The van der Waals surface area contributed by atoms with Gasteiger partial charge < -0.3 is 19.9 Å². The summed E-state index contributed by atoms with van der Waals surface area (Å²) in [6.45, 7) is 0. The largest absolute Gasteiger partial charge is 0.457 e. The van der Waals surface area contributed by atoms with Crippen molar-refractivity contribution >= 4 is 41.2 Å². The van der Waals surface area contributed by atoms with E-state index in [0.717, 1.165) is 14.2 Å². The molecule has 0 bridgehead atoms. The molecule has 0 spiro atoms. The third-order valence-corrected chi connectivity index (χ3v) is 4.45. The molecule has 11 nitrogen and oxygen atoms in total. The summed E-state index contributed by atoms with van der Waals surface area (Å²) in [6, 6.07) is 21.6. The number of methoxy groups -OCH3 is 2. The highest BCUT2D eigenvalue weighted by Crippen LogP contribution is 2.38. The number of guanidine groups is 1. The van der Waals surface area contributed by atoms with E-state index in [0.29, 0.717) is 17.2 Å². The van der Waals surface area contributed by atoms with Crippen molar-refractivity contribution in [1.82, 2.24) is 10.6 Å². The second-order valence-electron chi connectivity index (χ2n) is 6.77. The minimum atomic E-state index is -0.888. The topological polar surface area (TPSA) is 145 Å². The number of amides is 4. The van der Waals surface area contributed by atoms with Crippen LogP contribution < -0.4 is 26.0 Å². The van der Waals surface area contributed by atoms with Crippen LogP contribution in [0.2, 0.25) is 0 Å². The van der Waals surface area contributed by atoms with Crippen LogP contribution in [-0.2, 0) is 9.47 Å². The maximum atomic E-state index is 12.5. The van der Waals surface area contributed by atoms with Crippen LogP contribution in [0.5, 0.6) is 11.5 Å². The van der Waals surface area contributed by atoms with Gasteiger partial charge in [-0.05, 0) is 36.4 Å². The van der Waals surface area contributed by atoms with Gasteiger partial charge in [0.2, 0.25) is 5.96 Å². The van der Waals surface area contributed by atoms with Crippen LogP contribution in [0.4, 0.5) is 31.4 Å². The van der Waals surface area contributed by atoms with E-state index in [2.05, 4.69) is 25.1 Å². The summed E-state index contributed by atoms with van der Waals surface area (Å²) in [6.07, 6.45) is -1.78. The van der Waals surface area contributed by atoms with Gasteiger partial charge in [0.25, 0.3) is 0 Å². The second kappa shape index (κ2) is 11.7. The Morgan fingerprint density at radius 3 is 1.91 bits per heavy atom. The van der Waals surface area contributed by atoms with Crippen molar-refractivity contribution < 1.29 is 28.6 Å². The predicted octanol–water partition coefficient (Wildman–Crippen LogP) is 4.40. The highest BCUT2D eigenvalue weighted by molar-refractivity contribution is 6.05. The zero-order valence-corrected chi connectivity index (χ0v) is 18.9. The lowest BCUT2D eigenvalue weighted by molar-refractivity contribution is 0.173. The monoisotopic (exact) mass is 477 g/mol. The number of urea groups is 1. The number of rotatable bonds is 5. The Balaban J connectivity index is 2.14. The fourth-order valence-corrected chi connectivity index (χ4v) is 2.93. The molecule has 0 aliphatic heterocycles. The Morgan fingerprint density at radius 1 is 0.800 bits per heavy atom. The zero-order chi connectivity index (χ0) is 25.2. The third-order valence-electron chi connectivity index (χ3n) is 4.45. The molecule has 0 radical (unpaired) electrons. The Morgan fingerprint density at radius 2 is 1.37 bits per heavy atom. The quantitative estimate of drug-likeness (QED) is 0.367. The van der Waals surface area contributed by atoms with Crippen molar-refractivity contribution in [3.63, 3.8) is 0 Å². The van der Waals surface area contributed by atoms with Gasteiger partial charge >= 0.3 is 18.2 Å². The number of ether oxygens (including phenoxy) is 3. The minimum absolute atomic E-state index is 0.163. The van der Waals surface area contributed by atoms with Crippen LogP contribution in [0.15, 0.2) is 83.9 Å². The number of nitrogens with one attached hydrogen (secondary N) is 2. The first-order valence-corrected chi connectivity index (χ1v) is 10.2. The summed E-state index contributed by atoms with van der Waals surface area (Å²) in [7, 11) is 2.30.